The Labute approximate surface area is 621 Å². The van der Waals surface area contributed by atoms with Crippen LogP contribution in [0.3, 0.4) is 0 Å². The van der Waals surface area contributed by atoms with Crippen LogP contribution in [0.2, 0.25) is 0 Å². The summed E-state index contributed by atoms with van der Waals surface area (Å²) in [5.74, 6) is 0. The maximum Gasteiger partial charge on any atom is 0.424 e. The van der Waals surface area contributed by atoms with E-state index in [2.05, 4.69) is 0 Å². The fraction of sp³-hybridized carbons (Fsp3) is 0.400. The summed E-state index contributed by atoms with van der Waals surface area (Å²) in [5, 5.41) is 0. The molecule has 7 aromatic rings. The lowest BCUT2D eigenvalue weighted by Gasteiger charge is -2.29. The van der Waals surface area contributed by atoms with Crippen LogP contribution in [0, 0.1) is 41.5 Å². The van der Waals surface area contributed by atoms with E-state index in [0.717, 1.165) is 29.6 Å². The molecule has 105 heavy (non-hydrogen) atoms. The quantitative estimate of drug-likeness (QED) is 0.0378. The molecule has 7 aromatic carbocycles. The third-order valence-electron chi connectivity index (χ3n) is 16.1. The van der Waals surface area contributed by atoms with Gasteiger partial charge in [0.2, 0.25) is 30.1 Å². The SMILES string of the molecule is Cc1ccc(S(=O)(=O)N(CCCN(C(=O)OC(C)(C)C)S(=O)(=O)c2ccc(C)cc2)Cc2cc(CN(CCCN(C(=O)OC(C)(C)C)S(=O)(=O)c3ccc(C)cc3)S(=O)(=O)c3ccc(C)cc3)cc(CN(CCCN(C(=O)OC(C)(C)C)S(=O)(=O)c3ccc(C)cc3)S(=O)(=O)c3ccc(C)cc3)c2)cc1. The predicted octanol–water partition coefficient (Wildman–Crippen LogP) is 13.2. The molecule has 0 unspecified atom stereocenters. The highest BCUT2D eigenvalue weighted by Crippen LogP contribution is 2.31. The molecule has 3 amide bonds. The first-order valence-corrected chi connectivity index (χ1v) is 42.5. The van der Waals surface area contributed by atoms with E-state index in [-0.39, 0.29) is 65.3 Å². The maximum absolute atomic E-state index is 15.4. The largest absolute Gasteiger partial charge is 0.443 e. The molecular formula is C75H96N6O18S6. The molecule has 0 saturated heterocycles. The number of carbonyl (C=O) groups is 3. The summed E-state index contributed by atoms with van der Waals surface area (Å²) in [7, 11) is -27.9. The van der Waals surface area contributed by atoms with Gasteiger partial charge in [-0.2, -0.15) is 12.9 Å². The Bertz CT molecular complexity index is 4420. The summed E-state index contributed by atoms with van der Waals surface area (Å²) in [6, 6.07) is 39.4. The van der Waals surface area contributed by atoms with Crippen molar-refractivity contribution in [2.45, 2.75) is 189 Å². The number of rotatable bonds is 30. The van der Waals surface area contributed by atoms with Crippen molar-refractivity contribution in [3.8, 4) is 0 Å². The van der Waals surface area contributed by atoms with Gasteiger partial charge in [0, 0.05) is 58.9 Å². The zero-order chi connectivity index (χ0) is 78.1. The van der Waals surface area contributed by atoms with Crippen molar-refractivity contribution >= 4 is 78.4 Å². The molecule has 7 rings (SSSR count). The topological polar surface area (TPSA) is 303 Å². The zero-order valence-corrected chi connectivity index (χ0v) is 67.0. The van der Waals surface area contributed by atoms with Crippen molar-refractivity contribution in [2.24, 2.45) is 0 Å². The van der Waals surface area contributed by atoms with E-state index in [0.29, 0.717) is 29.6 Å². The minimum Gasteiger partial charge on any atom is -0.443 e. The van der Waals surface area contributed by atoms with Crippen LogP contribution in [0.5, 0.6) is 0 Å². The number of hydrogen-bond acceptors (Lipinski definition) is 18. The van der Waals surface area contributed by atoms with Crippen LogP contribution >= 0.6 is 0 Å². The van der Waals surface area contributed by atoms with Crippen LogP contribution in [0.15, 0.2) is 193 Å². The van der Waals surface area contributed by atoms with Crippen molar-refractivity contribution in [3.05, 3.63) is 214 Å². The monoisotopic (exact) mass is 1560 g/mol. The predicted molar refractivity (Wildman–Crippen MR) is 401 cm³/mol. The summed E-state index contributed by atoms with van der Waals surface area (Å²) in [6.45, 7) is 19.4. The Morgan fingerprint density at radius 2 is 0.429 bits per heavy atom. The lowest BCUT2D eigenvalue weighted by Crippen LogP contribution is -2.42. The average molecular weight is 1560 g/mol. The van der Waals surface area contributed by atoms with Crippen LogP contribution < -0.4 is 0 Å². The van der Waals surface area contributed by atoms with E-state index in [1.165, 1.54) is 91.0 Å². The van der Waals surface area contributed by atoms with Gasteiger partial charge in [-0.05, 0) is 213 Å². The fourth-order valence-corrected chi connectivity index (χ4v) is 19.1. The number of aryl methyl sites for hydroxylation is 6. The van der Waals surface area contributed by atoms with Gasteiger partial charge in [-0.1, -0.05) is 124 Å². The lowest BCUT2D eigenvalue weighted by molar-refractivity contribution is 0.0375. The summed E-state index contributed by atoms with van der Waals surface area (Å²) >= 11 is 0. The number of ether oxygens (including phenoxy) is 3. The number of amides is 3. The van der Waals surface area contributed by atoms with E-state index < -0.39 is 154 Å². The standard InChI is InChI=1S/C75H96N6O18S6/c1-55-19-31-64(32-20-55)100(85,86)76(43-16-46-79(70(82)97-73(7,8)9)103(91,92)67-37-25-58(4)26-38-67)52-61-49-62(53-77(101(87,88)65-33-21-56(2)22-34-65)44-17-47-80(71(83)98-74(10,11)12)104(93,94)68-39-27-59(5)28-40-68)51-63(50-61)54-78(102(89,90)66-35-23-57(3)24-36-66)45-18-48-81(72(84)99-75(13,14)15)105(95,96)69-41-29-60(6)30-42-69/h19-42,49-51H,16-18,43-48,52-54H2,1-15H3. The third kappa shape index (κ3) is 22.7. The van der Waals surface area contributed by atoms with Crippen molar-refractivity contribution in [1.29, 1.82) is 0 Å². The van der Waals surface area contributed by atoms with Crippen molar-refractivity contribution < 1.29 is 79.1 Å². The van der Waals surface area contributed by atoms with Gasteiger partial charge in [0.15, 0.2) is 0 Å². The van der Waals surface area contributed by atoms with Gasteiger partial charge in [-0.25, -0.2) is 77.8 Å². The molecule has 30 heteroatoms. The van der Waals surface area contributed by atoms with Crippen molar-refractivity contribution in [3.63, 3.8) is 0 Å². The van der Waals surface area contributed by atoms with Gasteiger partial charge in [0.05, 0.1) is 29.4 Å². The zero-order valence-electron chi connectivity index (χ0n) is 62.1. The first kappa shape index (κ1) is 84.2. The molecule has 0 spiro atoms. The van der Waals surface area contributed by atoms with E-state index in [1.807, 2.05) is 0 Å². The number of benzene rings is 7. The molecule has 570 valence electrons. The molecule has 0 bridgehead atoms. The summed E-state index contributed by atoms with van der Waals surface area (Å²) in [4.78, 5) is 40.8. The van der Waals surface area contributed by atoms with Gasteiger partial charge >= 0.3 is 18.3 Å². The first-order valence-electron chi connectivity index (χ1n) is 33.9. The molecule has 24 nitrogen and oxygen atoms in total. The Balaban J connectivity index is 1.41. The molecule has 0 aliphatic rings. The van der Waals surface area contributed by atoms with Crippen molar-refractivity contribution in [1.82, 2.24) is 25.8 Å². The molecule has 0 aliphatic carbocycles. The Morgan fingerprint density at radius 3 is 0.590 bits per heavy atom. The molecule has 0 atom stereocenters. The highest BCUT2D eigenvalue weighted by atomic mass is 32.2. The van der Waals surface area contributed by atoms with Gasteiger partial charge < -0.3 is 14.2 Å². The van der Waals surface area contributed by atoms with Crippen LogP contribution in [0.4, 0.5) is 14.4 Å². The van der Waals surface area contributed by atoms with Crippen LogP contribution in [-0.2, 0) is 94.0 Å². The van der Waals surface area contributed by atoms with Crippen LogP contribution in [-0.4, -0.2) is 151 Å². The summed E-state index contributed by atoms with van der Waals surface area (Å²) in [5.41, 5.74) is 1.12. The second-order valence-corrected chi connectivity index (χ2v) is 40.2. The molecular weight excluding hydrogens is 1470 g/mol. The van der Waals surface area contributed by atoms with Gasteiger partial charge in [-0.15, -0.1) is 0 Å². The molecule has 0 N–H and O–H groups in total. The smallest absolute Gasteiger partial charge is 0.424 e. The van der Waals surface area contributed by atoms with Crippen LogP contribution in [0.25, 0.3) is 0 Å². The first-order chi connectivity index (χ1) is 48.6. The number of hydrogen-bond donors (Lipinski definition) is 0. The molecule has 0 aromatic heterocycles. The number of nitrogens with zero attached hydrogens (tertiary/aromatic N) is 6. The highest BCUT2D eigenvalue weighted by Gasteiger charge is 2.38. The van der Waals surface area contributed by atoms with Gasteiger partial charge in [-0.3, -0.25) is 0 Å². The van der Waals surface area contributed by atoms with Gasteiger partial charge in [0.1, 0.15) is 16.8 Å². The van der Waals surface area contributed by atoms with E-state index in [4.69, 9.17) is 14.2 Å². The van der Waals surface area contributed by atoms with Crippen molar-refractivity contribution in [2.75, 3.05) is 39.3 Å². The number of carbonyl (C=O) groups excluding carboxylic acids is 3. The molecule has 0 saturated carbocycles. The maximum atomic E-state index is 15.4. The second-order valence-electron chi connectivity index (χ2n) is 28.8. The summed E-state index contributed by atoms with van der Waals surface area (Å²) in [6.07, 6.45) is -4.73. The van der Waals surface area contributed by atoms with E-state index in [1.54, 1.807) is 177 Å². The normalized spacial score (nSPS) is 12.9. The third-order valence-corrected chi connectivity index (χ3v) is 27.0. The van der Waals surface area contributed by atoms with Crippen LogP contribution in [0.1, 0.15) is 132 Å². The Kier molecular flexibility index (Phi) is 27.1. The lowest BCUT2D eigenvalue weighted by atomic mass is 10.0. The molecule has 0 fully saturated rings. The Hall–Kier alpha value is -8.07. The summed E-state index contributed by atoms with van der Waals surface area (Å²) < 4.78 is 201. The Morgan fingerprint density at radius 1 is 0.267 bits per heavy atom. The average Bonchev–Trinajstić information content (AvgIpc) is 0.809. The fourth-order valence-electron chi connectivity index (χ4n) is 10.7. The van der Waals surface area contributed by atoms with Gasteiger partial charge in [0.25, 0.3) is 30.1 Å². The molecule has 0 aliphatic heterocycles. The molecule has 0 heterocycles. The minimum atomic E-state index is -4.66. The minimum absolute atomic E-state index is 0.121. The second kappa shape index (κ2) is 33.8. The van der Waals surface area contributed by atoms with E-state index in [9.17, 15) is 39.6 Å². The number of sulfonamides is 6. The van der Waals surface area contributed by atoms with E-state index >= 15 is 25.3 Å². The molecule has 0 radical (unpaired) electrons. The highest BCUT2D eigenvalue weighted by molar-refractivity contribution is 7.91.